The van der Waals surface area contributed by atoms with Crippen molar-refractivity contribution in [3.63, 3.8) is 0 Å². The Hall–Kier alpha value is -3.44. The number of hydrogen-bond donors (Lipinski definition) is 1. The highest BCUT2D eigenvalue weighted by Gasteiger charge is 2.22. The van der Waals surface area contributed by atoms with Gasteiger partial charge < -0.3 is 10.1 Å². The Kier molecular flexibility index (Phi) is 7.20. The van der Waals surface area contributed by atoms with Crippen molar-refractivity contribution in [2.24, 2.45) is 0 Å². The zero-order valence-corrected chi connectivity index (χ0v) is 18.6. The Labute approximate surface area is 197 Å². The second-order valence-electron chi connectivity index (χ2n) is 7.90. The number of carbonyl (C=O) groups is 2. The van der Waals surface area contributed by atoms with Crippen molar-refractivity contribution >= 4 is 35.1 Å². The number of fused-ring (bicyclic) bond motifs is 1. The van der Waals surface area contributed by atoms with Gasteiger partial charge >= 0.3 is 5.97 Å². The molecule has 3 aromatic rings. The molecule has 0 aromatic heterocycles. The van der Waals surface area contributed by atoms with Gasteiger partial charge in [-0.3, -0.25) is 4.79 Å². The first kappa shape index (κ1) is 22.7. The standard InChI is InChI=1S/C27H23ClFNO3/c28-21-12-8-18(9-13-21)16-24(20-10-14-22(29)15-11-20)27(32)33-17-26(31)30-25-7-3-5-19-4-1-2-6-23(19)25/h1-2,4,6,8-16,25H,3,5,7,17H2,(H,30,31)/t25-/m1/s1. The molecule has 6 heteroatoms. The van der Waals surface area contributed by atoms with Gasteiger partial charge in [-0.1, -0.05) is 60.1 Å². The minimum atomic E-state index is -0.671. The second kappa shape index (κ2) is 10.5. The lowest BCUT2D eigenvalue weighted by atomic mass is 9.88. The summed E-state index contributed by atoms with van der Waals surface area (Å²) in [4.78, 5) is 25.5. The predicted molar refractivity (Wildman–Crippen MR) is 127 cm³/mol. The topological polar surface area (TPSA) is 55.4 Å². The van der Waals surface area contributed by atoms with E-state index >= 15 is 0 Å². The highest BCUT2D eigenvalue weighted by Crippen LogP contribution is 2.29. The fourth-order valence-electron chi connectivity index (χ4n) is 3.96. The molecule has 3 aromatic carbocycles. The summed E-state index contributed by atoms with van der Waals surface area (Å²) in [5, 5.41) is 3.54. The molecule has 4 nitrogen and oxygen atoms in total. The Bertz CT molecular complexity index is 1170. The van der Waals surface area contributed by atoms with Crippen LogP contribution in [0.3, 0.4) is 0 Å². The van der Waals surface area contributed by atoms with Crippen LogP contribution in [0.1, 0.15) is 41.1 Å². The number of hydrogen-bond acceptors (Lipinski definition) is 3. The lowest BCUT2D eigenvalue weighted by Crippen LogP contribution is -2.34. The monoisotopic (exact) mass is 463 g/mol. The average molecular weight is 464 g/mol. The molecule has 1 atom stereocenters. The smallest absolute Gasteiger partial charge is 0.339 e. The average Bonchev–Trinajstić information content (AvgIpc) is 2.83. The zero-order valence-electron chi connectivity index (χ0n) is 17.9. The first-order chi connectivity index (χ1) is 16.0. The maximum atomic E-state index is 13.4. The van der Waals surface area contributed by atoms with E-state index in [9.17, 15) is 14.0 Å². The lowest BCUT2D eigenvalue weighted by Gasteiger charge is -2.26. The number of aryl methyl sites for hydroxylation is 1. The van der Waals surface area contributed by atoms with Crippen LogP contribution in [0.4, 0.5) is 4.39 Å². The zero-order chi connectivity index (χ0) is 23.2. The van der Waals surface area contributed by atoms with Gasteiger partial charge in [0.1, 0.15) is 5.82 Å². The Morgan fingerprint density at radius 1 is 1.03 bits per heavy atom. The van der Waals surface area contributed by atoms with Gasteiger partial charge in [0.2, 0.25) is 0 Å². The van der Waals surface area contributed by atoms with Crippen molar-refractivity contribution in [1.29, 1.82) is 0 Å². The van der Waals surface area contributed by atoms with Crippen LogP contribution in [0.2, 0.25) is 5.02 Å². The summed E-state index contributed by atoms with van der Waals surface area (Å²) in [5.74, 6) is -1.45. The van der Waals surface area contributed by atoms with Gasteiger partial charge in [-0.05, 0) is 71.9 Å². The molecule has 0 spiro atoms. The van der Waals surface area contributed by atoms with Crippen molar-refractivity contribution < 1.29 is 18.7 Å². The largest absolute Gasteiger partial charge is 0.452 e. The van der Waals surface area contributed by atoms with E-state index in [0.717, 1.165) is 30.4 Å². The van der Waals surface area contributed by atoms with E-state index < -0.39 is 18.4 Å². The molecular formula is C27H23ClFNO3. The fourth-order valence-corrected chi connectivity index (χ4v) is 4.09. The Morgan fingerprint density at radius 3 is 2.52 bits per heavy atom. The van der Waals surface area contributed by atoms with E-state index in [2.05, 4.69) is 11.4 Å². The number of esters is 1. The van der Waals surface area contributed by atoms with E-state index in [1.54, 1.807) is 30.3 Å². The summed E-state index contributed by atoms with van der Waals surface area (Å²) in [6, 6.07) is 20.4. The van der Waals surface area contributed by atoms with E-state index in [1.165, 1.54) is 29.8 Å². The van der Waals surface area contributed by atoms with Crippen molar-refractivity contribution in [3.05, 3.63) is 106 Å². The van der Waals surface area contributed by atoms with Crippen LogP contribution in [0.15, 0.2) is 72.8 Å². The van der Waals surface area contributed by atoms with Gasteiger partial charge in [0.25, 0.3) is 5.91 Å². The maximum absolute atomic E-state index is 13.4. The SMILES string of the molecule is O=C(COC(=O)C(=Cc1ccc(Cl)cc1)c1ccc(F)cc1)N[C@@H]1CCCc2ccccc21. The van der Waals surface area contributed by atoms with Crippen LogP contribution in [0.5, 0.6) is 0 Å². The highest BCUT2D eigenvalue weighted by molar-refractivity contribution is 6.30. The van der Waals surface area contributed by atoms with Crippen LogP contribution in [0, 0.1) is 5.82 Å². The van der Waals surface area contributed by atoms with Crippen LogP contribution in [-0.4, -0.2) is 18.5 Å². The first-order valence-corrected chi connectivity index (χ1v) is 11.1. The Morgan fingerprint density at radius 2 is 1.76 bits per heavy atom. The number of rotatable bonds is 6. The number of ether oxygens (including phenoxy) is 1. The molecule has 1 N–H and O–H groups in total. The normalized spacial score (nSPS) is 15.5. The number of amides is 1. The summed E-state index contributed by atoms with van der Waals surface area (Å²) in [7, 11) is 0. The molecule has 0 saturated carbocycles. The van der Waals surface area contributed by atoms with Gasteiger partial charge in [0.05, 0.1) is 11.6 Å². The quantitative estimate of drug-likeness (QED) is 0.287. The van der Waals surface area contributed by atoms with Crippen LogP contribution in [0.25, 0.3) is 11.6 Å². The van der Waals surface area contributed by atoms with E-state index in [-0.39, 0.29) is 17.5 Å². The molecule has 1 aliphatic carbocycles. The third-order valence-electron chi connectivity index (χ3n) is 5.60. The molecule has 168 valence electrons. The highest BCUT2D eigenvalue weighted by atomic mass is 35.5. The molecule has 0 bridgehead atoms. The fraction of sp³-hybridized carbons (Fsp3) is 0.185. The second-order valence-corrected chi connectivity index (χ2v) is 8.34. The minimum absolute atomic E-state index is 0.0951. The molecule has 0 aliphatic heterocycles. The van der Waals surface area contributed by atoms with Crippen LogP contribution in [-0.2, 0) is 20.7 Å². The summed E-state index contributed by atoms with van der Waals surface area (Å²) < 4.78 is 18.7. The number of benzene rings is 3. The predicted octanol–water partition coefficient (Wildman–Crippen LogP) is 5.76. The third-order valence-corrected chi connectivity index (χ3v) is 5.85. The molecule has 1 amide bonds. The third kappa shape index (κ3) is 5.88. The van der Waals surface area contributed by atoms with Gasteiger partial charge in [-0.15, -0.1) is 0 Å². The van der Waals surface area contributed by atoms with Gasteiger partial charge in [0, 0.05) is 5.02 Å². The summed E-state index contributed by atoms with van der Waals surface area (Å²) >= 11 is 5.94. The van der Waals surface area contributed by atoms with Crippen LogP contribution < -0.4 is 5.32 Å². The first-order valence-electron chi connectivity index (χ1n) is 10.8. The number of nitrogens with one attached hydrogen (secondary N) is 1. The molecule has 0 fully saturated rings. The van der Waals surface area contributed by atoms with Crippen molar-refractivity contribution in [3.8, 4) is 0 Å². The van der Waals surface area contributed by atoms with Crippen LogP contribution >= 0.6 is 11.6 Å². The van der Waals surface area contributed by atoms with E-state index in [0.29, 0.717) is 10.6 Å². The summed E-state index contributed by atoms with van der Waals surface area (Å²) in [6.45, 7) is -0.406. The van der Waals surface area contributed by atoms with Gasteiger partial charge in [-0.2, -0.15) is 0 Å². The maximum Gasteiger partial charge on any atom is 0.339 e. The molecule has 0 radical (unpaired) electrons. The minimum Gasteiger partial charge on any atom is -0.452 e. The van der Waals surface area contributed by atoms with E-state index in [1.807, 2.05) is 18.2 Å². The van der Waals surface area contributed by atoms with Crippen molar-refractivity contribution in [2.45, 2.75) is 25.3 Å². The molecule has 1 aliphatic rings. The Balaban J connectivity index is 1.46. The molecule has 4 rings (SSSR count). The summed E-state index contributed by atoms with van der Waals surface area (Å²) in [6.07, 6.45) is 4.45. The van der Waals surface area contributed by atoms with Crippen molar-refractivity contribution in [1.82, 2.24) is 5.32 Å². The molecular weight excluding hydrogens is 441 g/mol. The van der Waals surface area contributed by atoms with Gasteiger partial charge in [-0.25, -0.2) is 9.18 Å². The summed E-state index contributed by atoms with van der Waals surface area (Å²) in [5.41, 5.74) is 3.76. The molecule has 0 heterocycles. The van der Waals surface area contributed by atoms with Crippen molar-refractivity contribution in [2.75, 3.05) is 6.61 Å². The molecule has 33 heavy (non-hydrogen) atoms. The van der Waals surface area contributed by atoms with E-state index in [4.69, 9.17) is 16.3 Å². The van der Waals surface area contributed by atoms with Gasteiger partial charge in [0.15, 0.2) is 6.61 Å². The number of halogens is 2. The number of carbonyl (C=O) groups excluding carboxylic acids is 2. The molecule has 0 saturated heterocycles. The molecule has 0 unspecified atom stereocenters. The lowest BCUT2D eigenvalue weighted by molar-refractivity contribution is -0.143.